The second-order valence-corrected chi connectivity index (χ2v) is 10.5. The number of sulfone groups is 1. The van der Waals surface area contributed by atoms with Crippen LogP contribution in [0.25, 0.3) is 11.4 Å². The van der Waals surface area contributed by atoms with Crippen LogP contribution < -0.4 is 20.9 Å². The molecule has 0 bridgehead atoms. The minimum atomic E-state index is -3.27. The molecular formula is C22H29N7O5S. The maximum Gasteiger partial charge on any atom is 0.319 e. The first kappa shape index (κ1) is 24.7. The van der Waals surface area contributed by atoms with E-state index in [-0.39, 0.29) is 17.8 Å². The van der Waals surface area contributed by atoms with Crippen LogP contribution in [0, 0.1) is 0 Å². The SMILES string of the molecule is CS(=O)(=O)Cc1cc(N2CCOCC2)nc(-c2ccc(NC(=O)NCCN3CCNC3=O)cc2)n1. The minimum absolute atomic E-state index is 0.123. The van der Waals surface area contributed by atoms with E-state index in [9.17, 15) is 18.0 Å². The van der Waals surface area contributed by atoms with Gasteiger partial charge in [-0.2, -0.15) is 0 Å². The smallest absolute Gasteiger partial charge is 0.319 e. The highest BCUT2D eigenvalue weighted by Crippen LogP contribution is 2.23. The number of rotatable bonds is 8. The number of anilines is 2. The van der Waals surface area contributed by atoms with Crippen LogP contribution in [0.5, 0.6) is 0 Å². The van der Waals surface area contributed by atoms with Gasteiger partial charge in [-0.15, -0.1) is 0 Å². The third kappa shape index (κ3) is 7.02. The summed E-state index contributed by atoms with van der Waals surface area (Å²) in [6.45, 7) is 4.50. The van der Waals surface area contributed by atoms with Crippen molar-refractivity contribution in [2.75, 3.05) is 69.0 Å². The molecule has 0 saturated carbocycles. The van der Waals surface area contributed by atoms with Crippen LogP contribution in [0.15, 0.2) is 30.3 Å². The Hall–Kier alpha value is -3.45. The number of ether oxygens (including phenoxy) is 1. The number of amides is 4. The quantitative estimate of drug-likeness (QED) is 0.477. The van der Waals surface area contributed by atoms with E-state index in [2.05, 4.69) is 25.9 Å². The van der Waals surface area contributed by atoms with E-state index < -0.39 is 9.84 Å². The predicted molar refractivity (Wildman–Crippen MR) is 131 cm³/mol. The molecule has 12 nitrogen and oxygen atoms in total. The summed E-state index contributed by atoms with van der Waals surface area (Å²) in [7, 11) is -3.27. The Labute approximate surface area is 204 Å². The number of benzene rings is 1. The van der Waals surface area contributed by atoms with Crippen LogP contribution >= 0.6 is 0 Å². The first-order valence-electron chi connectivity index (χ1n) is 11.3. The Morgan fingerprint density at radius 1 is 1.14 bits per heavy atom. The number of carbonyl (C=O) groups excluding carboxylic acids is 2. The number of hydrogen-bond acceptors (Lipinski definition) is 8. The molecule has 1 aromatic heterocycles. The number of hydrogen-bond donors (Lipinski definition) is 3. The highest BCUT2D eigenvalue weighted by atomic mass is 32.2. The van der Waals surface area contributed by atoms with Crippen molar-refractivity contribution in [2.24, 2.45) is 0 Å². The summed E-state index contributed by atoms with van der Waals surface area (Å²) in [5.41, 5.74) is 1.69. The third-order valence-corrected chi connectivity index (χ3v) is 6.34. The van der Waals surface area contributed by atoms with Gasteiger partial charge in [0.25, 0.3) is 0 Å². The van der Waals surface area contributed by atoms with Crippen LogP contribution in [0.3, 0.4) is 0 Å². The summed E-state index contributed by atoms with van der Waals surface area (Å²) in [5, 5.41) is 8.19. The maximum atomic E-state index is 12.2. The van der Waals surface area contributed by atoms with Gasteiger partial charge in [-0.25, -0.2) is 28.0 Å². The van der Waals surface area contributed by atoms with E-state index in [1.165, 1.54) is 6.26 Å². The number of nitrogens with zero attached hydrogens (tertiary/aromatic N) is 4. The standard InChI is InChI=1S/C22H29N7O5S/c1-35(32,33)15-18-14-19(28-10-12-34-13-11-28)27-20(25-18)16-2-4-17(5-3-16)26-21(30)23-6-8-29-9-7-24-22(29)31/h2-5,14H,6-13,15H2,1H3,(H,24,31)(H2,23,26,30). The molecule has 0 aliphatic carbocycles. The lowest BCUT2D eigenvalue weighted by atomic mass is 10.2. The van der Waals surface area contributed by atoms with E-state index in [1.54, 1.807) is 35.2 Å². The van der Waals surface area contributed by atoms with Gasteiger partial charge in [0.15, 0.2) is 15.7 Å². The van der Waals surface area contributed by atoms with Crippen molar-refractivity contribution in [3.63, 3.8) is 0 Å². The molecule has 2 fully saturated rings. The topological polar surface area (TPSA) is 146 Å². The number of urea groups is 2. The normalized spacial score (nSPS) is 16.2. The van der Waals surface area contributed by atoms with Crippen molar-refractivity contribution in [3.8, 4) is 11.4 Å². The fraction of sp³-hybridized carbons (Fsp3) is 0.455. The average Bonchev–Trinajstić information content (AvgIpc) is 3.23. The molecule has 188 valence electrons. The third-order valence-electron chi connectivity index (χ3n) is 5.52. The number of carbonyl (C=O) groups is 2. The molecule has 2 aromatic rings. The fourth-order valence-corrected chi connectivity index (χ4v) is 4.50. The van der Waals surface area contributed by atoms with Gasteiger partial charge in [-0.1, -0.05) is 0 Å². The molecule has 0 radical (unpaired) electrons. The second-order valence-electron chi connectivity index (χ2n) is 8.39. The Morgan fingerprint density at radius 3 is 2.54 bits per heavy atom. The monoisotopic (exact) mass is 503 g/mol. The first-order chi connectivity index (χ1) is 16.8. The molecule has 2 aliphatic rings. The van der Waals surface area contributed by atoms with Crippen molar-refractivity contribution in [1.82, 2.24) is 25.5 Å². The van der Waals surface area contributed by atoms with Crippen LogP contribution in [0.4, 0.5) is 21.1 Å². The van der Waals surface area contributed by atoms with E-state index in [0.717, 1.165) is 0 Å². The summed E-state index contributed by atoms with van der Waals surface area (Å²) >= 11 is 0. The van der Waals surface area contributed by atoms with Crippen molar-refractivity contribution in [2.45, 2.75) is 5.75 Å². The highest BCUT2D eigenvalue weighted by Gasteiger charge is 2.19. The molecule has 4 amide bonds. The van der Waals surface area contributed by atoms with Crippen LogP contribution in [-0.4, -0.2) is 94.1 Å². The molecule has 2 saturated heterocycles. The van der Waals surface area contributed by atoms with Crippen molar-refractivity contribution < 1.29 is 22.7 Å². The van der Waals surface area contributed by atoms with Crippen molar-refractivity contribution in [1.29, 1.82) is 0 Å². The molecule has 13 heteroatoms. The number of nitrogens with one attached hydrogen (secondary N) is 3. The first-order valence-corrected chi connectivity index (χ1v) is 13.4. The summed E-state index contributed by atoms with van der Waals surface area (Å²) in [6.07, 6.45) is 1.18. The van der Waals surface area contributed by atoms with Crippen LogP contribution in [0.1, 0.15) is 5.69 Å². The lowest BCUT2D eigenvalue weighted by Gasteiger charge is -2.28. The summed E-state index contributed by atoms with van der Waals surface area (Å²) in [6, 6.07) is 8.20. The maximum absolute atomic E-state index is 12.2. The molecule has 4 rings (SSSR count). The zero-order valence-corrected chi connectivity index (χ0v) is 20.3. The molecule has 1 aromatic carbocycles. The Kier molecular flexibility index (Phi) is 7.66. The lowest BCUT2D eigenvalue weighted by molar-refractivity contribution is 0.122. The minimum Gasteiger partial charge on any atom is -0.378 e. The van der Waals surface area contributed by atoms with Crippen LogP contribution in [0.2, 0.25) is 0 Å². The molecule has 2 aliphatic heterocycles. The summed E-state index contributed by atoms with van der Waals surface area (Å²) in [5.74, 6) is 0.886. The van der Waals surface area contributed by atoms with Gasteiger partial charge in [0.1, 0.15) is 5.82 Å². The van der Waals surface area contributed by atoms with E-state index in [4.69, 9.17) is 4.74 Å². The largest absolute Gasteiger partial charge is 0.378 e. The molecule has 0 atom stereocenters. The summed E-state index contributed by atoms with van der Waals surface area (Å²) in [4.78, 5) is 36.5. The molecule has 3 heterocycles. The summed E-state index contributed by atoms with van der Waals surface area (Å²) < 4.78 is 29.2. The van der Waals surface area contributed by atoms with Crippen molar-refractivity contribution in [3.05, 3.63) is 36.0 Å². The Balaban J connectivity index is 1.42. The van der Waals surface area contributed by atoms with Gasteiger partial charge in [0, 0.05) is 62.8 Å². The molecular weight excluding hydrogens is 474 g/mol. The van der Waals surface area contributed by atoms with E-state index in [1.807, 2.05) is 4.90 Å². The molecule has 0 unspecified atom stereocenters. The fourth-order valence-electron chi connectivity index (χ4n) is 3.82. The predicted octanol–water partition coefficient (Wildman–Crippen LogP) is 0.672. The van der Waals surface area contributed by atoms with Gasteiger partial charge in [0.2, 0.25) is 0 Å². The van der Waals surface area contributed by atoms with E-state index >= 15 is 0 Å². The second kappa shape index (κ2) is 10.9. The zero-order valence-electron chi connectivity index (χ0n) is 19.5. The average molecular weight is 504 g/mol. The van der Waals surface area contributed by atoms with Crippen LogP contribution in [-0.2, 0) is 20.3 Å². The molecule has 0 spiro atoms. The van der Waals surface area contributed by atoms with Gasteiger partial charge in [-0.05, 0) is 24.3 Å². The molecule has 35 heavy (non-hydrogen) atoms. The Morgan fingerprint density at radius 2 is 1.89 bits per heavy atom. The number of morpholine rings is 1. The highest BCUT2D eigenvalue weighted by molar-refractivity contribution is 7.89. The van der Waals surface area contributed by atoms with Gasteiger partial charge >= 0.3 is 12.1 Å². The molecule has 3 N–H and O–H groups in total. The van der Waals surface area contributed by atoms with Gasteiger partial charge in [-0.3, -0.25) is 0 Å². The van der Waals surface area contributed by atoms with Gasteiger partial charge < -0.3 is 30.5 Å². The van der Waals surface area contributed by atoms with Crippen molar-refractivity contribution >= 4 is 33.4 Å². The lowest BCUT2D eigenvalue weighted by Crippen LogP contribution is -2.38. The van der Waals surface area contributed by atoms with E-state index in [0.29, 0.717) is 81.1 Å². The van der Waals surface area contributed by atoms with Gasteiger partial charge in [0.05, 0.1) is 24.7 Å². The zero-order chi connectivity index (χ0) is 24.8. The Bertz CT molecular complexity index is 1170. The number of aromatic nitrogens is 2.